The van der Waals surface area contributed by atoms with Gasteiger partial charge >= 0.3 is 0 Å². The van der Waals surface area contributed by atoms with Crippen molar-refractivity contribution in [3.8, 4) is 0 Å². The number of halogens is 2. The molecule has 0 heterocycles. The Morgan fingerprint density at radius 2 is 2.18 bits per heavy atom. The molecular weight excluding hydrogens is 246 g/mol. The summed E-state index contributed by atoms with van der Waals surface area (Å²) in [5.74, 6) is -2.90. The van der Waals surface area contributed by atoms with Crippen molar-refractivity contribution < 1.29 is 13.6 Å². The zero-order chi connectivity index (χ0) is 13.0. The van der Waals surface area contributed by atoms with Gasteiger partial charge in [0.05, 0.1) is 10.6 Å². The van der Waals surface area contributed by atoms with Crippen molar-refractivity contribution in [1.82, 2.24) is 5.32 Å². The van der Waals surface area contributed by atoms with E-state index in [1.165, 1.54) is 12.1 Å². The molecule has 1 atom stereocenters. The lowest BCUT2D eigenvalue weighted by Gasteiger charge is -2.13. The summed E-state index contributed by atoms with van der Waals surface area (Å²) in [6.07, 6.45) is 0.304. The molecule has 1 aromatic carbocycles. The second kappa shape index (κ2) is 5.67. The van der Waals surface area contributed by atoms with Gasteiger partial charge in [0.2, 0.25) is 0 Å². The number of nitrogens with one attached hydrogen (secondary N) is 1. The van der Waals surface area contributed by atoms with Crippen LogP contribution in [0.15, 0.2) is 18.2 Å². The number of amides is 1. The summed E-state index contributed by atoms with van der Waals surface area (Å²) in [5.41, 5.74) is 4.97. The van der Waals surface area contributed by atoms with Gasteiger partial charge in [-0.25, -0.2) is 8.78 Å². The fraction of sp³-hybridized carbons (Fsp3) is 0.273. The van der Waals surface area contributed by atoms with Gasteiger partial charge in [0.25, 0.3) is 5.91 Å². The molecule has 1 amide bonds. The van der Waals surface area contributed by atoms with E-state index in [-0.39, 0.29) is 16.6 Å². The molecule has 1 aromatic rings. The quantitative estimate of drug-likeness (QED) is 0.809. The highest BCUT2D eigenvalue weighted by atomic mass is 32.1. The van der Waals surface area contributed by atoms with Crippen molar-refractivity contribution in [3.63, 3.8) is 0 Å². The van der Waals surface area contributed by atoms with Crippen LogP contribution in [0, 0.1) is 11.6 Å². The summed E-state index contributed by atoms with van der Waals surface area (Å²) in [7, 11) is 0. The molecule has 1 rings (SSSR count). The predicted molar refractivity (Wildman–Crippen MR) is 64.7 cm³/mol. The van der Waals surface area contributed by atoms with Crippen molar-refractivity contribution in [2.75, 3.05) is 0 Å². The number of rotatable bonds is 4. The number of carbonyl (C=O) groups excluding carboxylic acids is 1. The summed E-state index contributed by atoms with van der Waals surface area (Å²) < 4.78 is 26.2. The number of benzene rings is 1. The maximum absolute atomic E-state index is 13.3. The smallest absolute Gasteiger partial charge is 0.254 e. The molecule has 17 heavy (non-hydrogen) atoms. The first-order valence-corrected chi connectivity index (χ1v) is 5.35. The molecule has 3 nitrogen and oxygen atoms in total. The Balaban J connectivity index is 2.77. The van der Waals surface area contributed by atoms with Gasteiger partial charge in [0.1, 0.15) is 0 Å². The van der Waals surface area contributed by atoms with E-state index in [0.29, 0.717) is 6.42 Å². The predicted octanol–water partition coefficient (Wildman–Crippen LogP) is 1.76. The molecule has 0 saturated carbocycles. The molecule has 0 aliphatic rings. The van der Waals surface area contributed by atoms with Gasteiger partial charge in [-0.1, -0.05) is 18.3 Å². The van der Waals surface area contributed by atoms with E-state index < -0.39 is 17.5 Å². The number of hydrogen-bond acceptors (Lipinski definition) is 2. The average molecular weight is 258 g/mol. The first-order chi connectivity index (χ1) is 7.91. The Morgan fingerprint density at radius 3 is 2.76 bits per heavy atom. The van der Waals surface area contributed by atoms with Gasteiger partial charge in [-0.2, -0.15) is 0 Å². The zero-order valence-electron chi connectivity index (χ0n) is 9.17. The van der Waals surface area contributed by atoms with E-state index in [1.54, 1.807) is 6.92 Å². The van der Waals surface area contributed by atoms with Crippen LogP contribution in [0.1, 0.15) is 23.7 Å². The minimum Gasteiger partial charge on any atom is -0.393 e. The van der Waals surface area contributed by atoms with Crippen LogP contribution in [-0.4, -0.2) is 16.9 Å². The third kappa shape index (κ3) is 3.74. The normalized spacial score (nSPS) is 11.9. The van der Waals surface area contributed by atoms with Gasteiger partial charge in [-0.3, -0.25) is 4.79 Å². The highest BCUT2D eigenvalue weighted by Gasteiger charge is 2.16. The Kier molecular flexibility index (Phi) is 4.51. The van der Waals surface area contributed by atoms with E-state index in [1.807, 2.05) is 0 Å². The molecule has 0 aliphatic heterocycles. The number of carbonyl (C=O) groups is 1. The van der Waals surface area contributed by atoms with Crippen LogP contribution < -0.4 is 11.1 Å². The number of nitrogens with two attached hydrogens (primary N) is 1. The van der Waals surface area contributed by atoms with Crippen LogP contribution in [0.2, 0.25) is 0 Å². The second-order valence-corrected chi connectivity index (χ2v) is 4.17. The minimum absolute atomic E-state index is 0.248. The summed E-state index contributed by atoms with van der Waals surface area (Å²) >= 11 is 4.68. The third-order valence-corrected chi connectivity index (χ3v) is 2.25. The maximum Gasteiger partial charge on any atom is 0.254 e. The molecule has 0 aromatic heterocycles. The number of thiocarbonyl (C=S) groups is 1. The Hall–Kier alpha value is -1.56. The van der Waals surface area contributed by atoms with Crippen LogP contribution in [0.3, 0.4) is 0 Å². The van der Waals surface area contributed by atoms with Crippen LogP contribution in [0.4, 0.5) is 8.78 Å². The fourth-order valence-electron chi connectivity index (χ4n) is 1.33. The molecule has 0 bridgehead atoms. The lowest BCUT2D eigenvalue weighted by atomic mass is 10.1. The largest absolute Gasteiger partial charge is 0.393 e. The molecule has 1 unspecified atom stereocenters. The van der Waals surface area contributed by atoms with Gasteiger partial charge in [-0.05, 0) is 19.1 Å². The Labute approximate surface area is 103 Å². The molecule has 0 saturated heterocycles. The van der Waals surface area contributed by atoms with Gasteiger partial charge in [0.15, 0.2) is 11.6 Å². The van der Waals surface area contributed by atoms with Gasteiger partial charge in [0, 0.05) is 12.5 Å². The van der Waals surface area contributed by atoms with Crippen LogP contribution in [0.5, 0.6) is 0 Å². The first kappa shape index (κ1) is 13.5. The summed E-state index contributed by atoms with van der Waals surface area (Å²) in [6, 6.07) is 3.10. The van der Waals surface area contributed by atoms with Crippen molar-refractivity contribution in [3.05, 3.63) is 35.4 Å². The third-order valence-electron chi connectivity index (χ3n) is 2.08. The van der Waals surface area contributed by atoms with Crippen molar-refractivity contribution in [2.45, 2.75) is 19.4 Å². The number of hydrogen-bond donors (Lipinski definition) is 2. The minimum atomic E-state index is -1.16. The second-order valence-electron chi connectivity index (χ2n) is 3.65. The zero-order valence-corrected chi connectivity index (χ0v) is 9.98. The molecule has 6 heteroatoms. The molecule has 0 radical (unpaired) electrons. The molecule has 0 spiro atoms. The lowest BCUT2D eigenvalue weighted by molar-refractivity contribution is 0.0936. The highest BCUT2D eigenvalue weighted by Crippen LogP contribution is 2.11. The summed E-state index contributed by atoms with van der Waals surface area (Å²) in [5, 5.41) is 2.48. The average Bonchev–Trinajstić information content (AvgIpc) is 2.20. The molecule has 92 valence electrons. The van der Waals surface area contributed by atoms with Crippen molar-refractivity contribution in [1.29, 1.82) is 0 Å². The van der Waals surface area contributed by atoms with Crippen LogP contribution >= 0.6 is 12.2 Å². The summed E-state index contributed by atoms with van der Waals surface area (Å²) in [6.45, 7) is 1.67. The van der Waals surface area contributed by atoms with E-state index in [9.17, 15) is 13.6 Å². The molecule has 0 aliphatic carbocycles. The summed E-state index contributed by atoms with van der Waals surface area (Å²) in [4.78, 5) is 11.9. The molecule has 3 N–H and O–H groups in total. The lowest BCUT2D eigenvalue weighted by Crippen LogP contribution is -2.35. The monoisotopic (exact) mass is 258 g/mol. The topological polar surface area (TPSA) is 55.1 Å². The van der Waals surface area contributed by atoms with E-state index in [0.717, 1.165) is 6.07 Å². The van der Waals surface area contributed by atoms with Crippen LogP contribution in [-0.2, 0) is 0 Å². The van der Waals surface area contributed by atoms with E-state index >= 15 is 0 Å². The van der Waals surface area contributed by atoms with Crippen molar-refractivity contribution in [2.24, 2.45) is 5.73 Å². The van der Waals surface area contributed by atoms with Gasteiger partial charge in [-0.15, -0.1) is 0 Å². The Morgan fingerprint density at radius 1 is 1.53 bits per heavy atom. The van der Waals surface area contributed by atoms with E-state index in [2.05, 4.69) is 17.5 Å². The van der Waals surface area contributed by atoms with E-state index in [4.69, 9.17) is 5.73 Å². The standard InChI is InChI=1S/C11H12F2N2OS/c1-6(5-9(14)17)15-11(16)7-3-2-4-8(12)10(7)13/h2-4,6H,5H2,1H3,(H2,14,17)(H,15,16). The molecule has 0 fully saturated rings. The fourth-order valence-corrected chi connectivity index (χ4v) is 1.58. The molecular formula is C11H12F2N2OS. The highest BCUT2D eigenvalue weighted by molar-refractivity contribution is 7.80. The van der Waals surface area contributed by atoms with Crippen molar-refractivity contribution >= 4 is 23.1 Å². The maximum atomic E-state index is 13.3. The van der Waals surface area contributed by atoms with Crippen LogP contribution in [0.25, 0.3) is 0 Å². The Bertz CT molecular complexity index is 451. The van der Waals surface area contributed by atoms with Gasteiger partial charge < -0.3 is 11.1 Å². The SMILES string of the molecule is CC(CC(N)=S)NC(=O)c1cccc(F)c1F. The first-order valence-electron chi connectivity index (χ1n) is 4.95.